The molecule has 0 fully saturated rings. The number of hydrogen-bond donors (Lipinski definition) is 1. The van der Waals surface area contributed by atoms with Gasteiger partial charge in [-0.1, -0.05) is 0 Å². The van der Waals surface area contributed by atoms with Gasteiger partial charge in [-0.15, -0.1) is 0 Å². The molecule has 2 aromatic rings. The van der Waals surface area contributed by atoms with Crippen LogP contribution in [0.2, 0.25) is 0 Å². The molecule has 0 saturated heterocycles. The molecule has 1 aromatic carbocycles. The average molecular weight is 343 g/mol. The van der Waals surface area contributed by atoms with Crippen molar-refractivity contribution in [3.05, 3.63) is 36.5 Å². The van der Waals surface area contributed by atoms with Gasteiger partial charge in [0.25, 0.3) is 5.91 Å². The third-order valence-electron chi connectivity index (χ3n) is 3.64. The van der Waals surface area contributed by atoms with E-state index >= 15 is 0 Å². The molecule has 0 unspecified atom stereocenters. The van der Waals surface area contributed by atoms with Gasteiger partial charge in [-0.3, -0.25) is 14.5 Å². The Hall–Kier alpha value is -3.29. The van der Waals surface area contributed by atoms with E-state index in [0.717, 1.165) is 0 Å². The number of carbonyl (C=O) groups is 2. The minimum absolute atomic E-state index is 0.131. The van der Waals surface area contributed by atoms with E-state index in [1.807, 2.05) is 0 Å². The van der Waals surface area contributed by atoms with Crippen LogP contribution in [-0.4, -0.2) is 44.2 Å². The van der Waals surface area contributed by atoms with Gasteiger partial charge in [0.2, 0.25) is 5.91 Å². The van der Waals surface area contributed by atoms with Crippen molar-refractivity contribution < 1.29 is 23.8 Å². The molecule has 1 aliphatic heterocycles. The van der Waals surface area contributed by atoms with Gasteiger partial charge in [-0.05, 0) is 24.3 Å². The predicted octanol–water partition coefficient (Wildman–Crippen LogP) is 1.46. The average Bonchev–Trinajstić information content (AvgIpc) is 2.64. The molecule has 0 atom stereocenters. The molecule has 0 radical (unpaired) electrons. The highest BCUT2D eigenvalue weighted by Gasteiger charge is 2.28. The summed E-state index contributed by atoms with van der Waals surface area (Å²) < 4.78 is 15.7. The predicted molar refractivity (Wildman–Crippen MR) is 90.3 cm³/mol. The summed E-state index contributed by atoms with van der Waals surface area (Å²) in [4.78, 5) is 30.0. The van der Waals surface area contributed by atoms with E-state index in [9.17, 15) is 9.59 Å². The van der Waals surface area contributed by atoms with Crippen molar-refractivity contribution in [1.29, 1.82) is 0 Å². The molecule has 1 N–H and O–H groups in total. The number of nitrogens with zero attached hydrogens (tertiary/aromatic N) is 2. The lowest BCUT2D eigenvalue weighted by Crippen LogP contribution is -2.43. The zero-order valence-electron chi connectivity index (χ0n) is 13.8. The van der Waals surface area contributed by atoms with Gasteiger partial charge in [0.1, 0.15) is 18.0 Å². The number of methoxy groups -OCH3 is 2. The van der Waals surface area contributed by atoms with Crippen LogP contribution in [-0.2, 0) is 9.59 Å². The second kappa shape index (κ2) is 7.08. The summed E-state index contributed by atoms with van der Waals surface area (Å²) in [6, 6.07) is 8.45. The third-order valence-corrected chi connectivity index (χ3v) is 3.64. The Labute approximate surface area is 144 Å². The fraction of sp³-hybridized carbons (Fsp3) is 0.235. The Morgan fingerprint density at radius 2 is 2.16 bits per heavy atom. The minimum Gasteiger partial charge on any atom is -0.497 e. The Bertz CT molecular complexity index is 809. The van der Waals surface area contributed by atoms with Crippen molar-refractivity contribution >= 4 is 23.3 Å². The fourth-order valence-electron chi connectivity index (χ4n) is 2.44. The van der Waals surface area contributed by atoms with Gasteiger partial charge >= 0.3 is 0 Å². The van der Waals surface area contributed by atoms with Gasteiger partial charge in [-0.25, -0.2) is 4.98 Å². The van der Waals surface area contributed by atoms with E-state index < -0.39 is 5.91 Å². The van der Waals surface area contributed by atoms with Crippen LogP contribution < -0.4 is 24.4 Å². The van der Waals surface area contributed by atoms with E-state index in [4.69, 9.17) is 14.2 Å². The second-order valence-corrected chi connectivity index (χ2v) is 5.21. The smallest absolute Gasteiger partial charge is 0.266 e. The highest BCUT2D eigenvalue weighted by molar-refractivity contribution is 6.04. The molecule has 130 valence electrons. The van der Waals surface area contributed by atoms with Crippen LogP contribution in [0.5, 0.6) is 17.2 Å². The number of fused-ring (bicyclic) bond motifs is 1. The zero-order valence-corrected chi connectivity index (χ0v) is 13.8. The molecule has 8 nitrogen and oxygen atoms in total. The number of benzene rings is 1. The van der Waals surface area contributed by atoms with Crippen molar-refractivity contribution in [3.8, 4) is 17.2 Å². The van der Waals surface area contributed by atoms with Crippen LogP contribution in [0.15, 0.2) is 36.5 Å². The molecule has 8 heteroatoms. The first-order chi connectivity index (χ1) is 12.1. The first-order valence-electron chi connectivity index (χ1n) is 7.52. The quantitative estimate of drug-likeness (QED) is 0.884. The van der Waals surface area contributed by atoms with Gasteiger partial charge < -0.3 is 19.5 Å². The van der Waals surface area contributed by atoms with Crippen molar-refractivity contribution in [1.82, 2.24) is 4.98 Å². The normalized spacial score (nSPS) is 12.9. The van der Waals surface area contributed by atoms with Crippen LogP contribution in [0.3, 0.4) is 0 Å². The summed E-state index contributed by atoms with van der Waals surface area (Å²) in [5.41, 5.74) is 0.453. The van der Waals surface area contributed by atoms with Crippen LogP contribution in [0.25, 0.3) is 0 Å². The lowest BCUT2D eigenvalue weighted by Gasteiger charge is -2.27. The number of hydrogen-bond acceptors (Lipinski definition) is 6. The maximum atomic E-state index is 12.4. The Morgan fingerprint density at radius 3 is 2.92 bits per heavy atom. The number of aromatic nitrogens is 1. The summed E-state index contributed by atoms with van der Waals surface area (Å²) in [7, 11) is 3.03. The number of ether oxygens (including phenoxy) is 3. The maximum Gasteiger partial charge on any atom is 0.266 e. The molecule has 0 saturated carbocycles. The summed E-state index contributed by atoms with van der Waals surface area (Å²) in [6.45, 7) is -0.318. The molecule has 25 heavy (non-hydrogen) atoms. The van der Waals surface area contributed by atoms with Gasteiger partial charge in [-0.2, -0.15) is 0 Å². The molecule has 1 aromatic heterocycles. The first kappa shape index (κ1) is 16.6. The molecule has 2 amide bonds. The van der Waals surface area contributed by atoms with Crippen molar-refractivity contribution in [2.24, 2.45) is 0 Å². The van der Waals surface area contributed by atoms with Gasteiger partial charge in [0.15, 0.2) is 18.2 Å². The number of nitrogens with one attached hydrogen (secondary N) is 1. The highest BCUT2D eigenvalue weighted by Crippen LogP contribution is 2.30. The van der Waals surface area contributed by atoms with Crippen LogP contribution in [0.4, 0.5) is 11.5 Å². The van der Waals surface area contributed by atoms with Gasteiger partial charge in [0, 0.05) is 12.3 Å². The lowest BCUT2D eigenvalue weighted by molar-refractivity contribution is -0.123. The molecule has 0 aliphatic carbocycles. The molecular formula is C17H17N3O5. The first-order valence-corrected chi connectivity index (χ1v) is 7.52. The second-order valence-electron chi connectivity index (χ2n) is 5.21. The molecule has 1 aliphatic rings. The SMILES string of the molecule is COc1ccc(OC)c(NC(=O)CN2C(=O)COc3cccnc32)c1. The largest absolute Gasteiger partial charge is 0.497 e. The number of amides is 2. The zero-order chi connectivity index (χ0) is 17.8. The molecule has 0 bridgehead atoms. The van der Waals surface area contributed by atoms with Crippen molar-refractivity contribution in [2.45, 2.75) is 0 Å². The number of rotatable bonds is 5. The lowest BCUT2D eigenvalue weighted by atomic mass is 10.2. The van der Waals surface area contributed by atoms with E-state index in [2.05, 4.69) is 10.3 Å². The van der Waals surface area contributed by atoms with E-state index in [0.29, 0.717) is 28.8 Å². The van der Waals surface area contributed by atoms with Crippen LogP contribution in [0.1, 0.15) is 0 Å². The number of pyridine rings is 1. The molecule has 0 spiro atoms. The number of carbonyl (C=O) groups excluding carboxylic acids is 2. The van der Waals surface area contributed by atoms with Crippen molar-refractivity contribution in [3.63, 3.8) is 0 Å². The number of anilines is 2. The summed E-state index contributed by atoms with van der Waals surface area (Å²) in [6.07, 6.45) is 1.54. The van der Waals surface area contributed by atoms with Crippen LogP contribution in [0, 0.1) is 0 Å². The Kier molecular flexibility index (Phi) is 4.69. The van der Waals surface area contributed by atoms with Gasteiger partial charge in [0.05, 0.1) is 19.9 Å². The third kappa shape index (κ3) is 3.47. The summed E-state index contributed by atoms with van der Waals surface area (Å²) in [5.74, 6) is 1.13. The molecular weight excluding hydrogens is 326 g/mol. The van der Waals surface area contributed by atoms with E-state index in [1.54, 1.807) is 30.3 Å². The van der Waals surface area contributed by atoms with Crippen LogP contribution >= 0.6 is 0 Å². The maximum absolute atomic E-state index is 12.4. The fourth-order valence-corrected chi connectivity index (χ4v) is 2.44. The van der Waals surface area contributed by atoms with E-state index in [-0.39, 0.29) is 19.1 Å². The standard InChI is InChI=1S/C17H17N3O5/c1-23-11-5-6-13(24-2)12(8-11)19-15(21)9-20-16(22)10-25-14-4-3-7-18-17(14)20/h3-8H,9-10H2,1-2H3,(H,19,21). The molecule has 3 rings (SSSR count). The highest BCUT2D eigenvalue weighted by atomic mass is 16.5. The Balaban J connectivity index is 1.78. The van der Waals surface area contributed by atoms with E-state index in [1.165, 1.54) is 25.3 Å². The topological polar surface area (TPSA) is 90.0 Å². The van der Waals surface area contributed by atoms with Crippen molar-refractivity contribution in [2.75, 3.05) is 37.6 Å². The molecule has 2 heterocycles. The monoisotopic (exact) mass is 343 g/mol. The summed E-state index contributed by atoms with van der Waals surface area (Å²) in [5, 5.41) is 2.73. The summed E-state index contributed by atoms with van der Waals surface area (Å²) >= 11 is 0. The minimum atomic E-state index is -0.390. The Morgan fingerprint density at radius 1 is 1.32 bits per heavy atom.